The van der Waals surface area contributed by atoms with Crippen molar-refractivity contribution in [3.8, 4) is 0 Å². The van der Waals surface area contributed by atoms with E-state index in [4.69, 9.17) is 14.2 Å². The first-order chi connectivity index (χ1) is 20.0. The first-order valence-corrected chi connectivity index (χ1v) is 20.2. The molecular weight excluding hydrogens is 554 g/mol. The molecule has 248 valence electrons. The van der Waals surface area contributed by atoms with Crippen molar-refractivity contribution in [1.82, 2.24) is 5.32 Å². The SMILES string of the molecule is CCCCCCCCCCCCCCCCCC[Si](C)(C)CCOC1(NC(C)=O)OC(CO)C(O)C1OC(C)C(=O)O. The van der Waals surface area contributed by atoms with Gasteiger partial charge in [0.1, 0.15) is 12.2 Å². The van der Waals surface area contributed by atoms with Crippen LogP contribution in [0.5, 0.6) is 0 Å². The number of amides is 1. The fourth-order valence-electron chi connectivity index (χ4n) is 5.63. The smallest absolute Gasteiger partial charge is 0.332 e. The first kappa shape index (κ1) is 39.0. The molecule has 0 radical (unpaired) electrons. The van der Waals surface area contributed by atoms with Gasteiger partial charge in [-0.1, -0.05) is 129 Å². The number of unbranched alkanes of at least 4 members (excludes halogenated alkanes) is 15. The number of aliphatic hydroxyl groups is 2. The Morgan fingerprint density at radius 2 is 1.36 bits per heavy atom. The molecule has 0 aromatic rings. The highest BCUT2D eigenvalue weighted by Gasteiger charge is 2.58. The molecule has 0 aliphatic carbocycles. The normalized spacial score (nSPS) is 23.3. The number of carbonyl (C=O) groups excluding carboxylic acids is 1. The molecule has 1 aliphatic rings. The number of nitrogens with one attached hydrogen (secondary N) is 1. The van der Waals surface area contributed by atoms with Crippen molar-refractivity contribution in [3.05, 3.63) is 0 Å². The van der Waals surface area contributed by atoms with Crippen LogP contribution in [-0.2, 0) is 23.8 Å². The fraction of sp³-hybridized carbons (Fsp3) is 0.938. The van der Waals surface area contributed by atoms with Crippen molar-refractivity contribution in [2.24, 2.45) is 0 Å². The average Bonchev–Trinajstić information content (AvgIpc) is 3.17. The van der Waals surface area contributed by atoms with Gasteiger partial charge in [-0.15, -0.1) is 0 Å². The maximum atomic E-state index is 12.0. The molecule has 1 amide bonds. The molecule has 1 rings (SSSR count). The molecular formula is C32H63NO8Si. The summed E-state index contributed by atoms with van der Waals surface area (Å²) in [6.07, 6.45) is 16.6. The first-order valence-electron chi connectivity index (χ1n) is 16.8. The Morgan fingerprint density at radius 1 is 0.881 bits per heavy atom. The zero-order valence-electron chi connectivity index (χ0n) is 27.3. The zero-order chi connectivity index (χ0) is 31.4. The summed E-state index contributed by atoms with van der Waals surface area (Å²) in [5.41, 5.74) is 0. The maximum absolute atomic E-state index is 12.0. The Kier molecular flexibility index (Phi) is 20.1. The molecule has 1 saturated heterocycles. The van der Waals surface area contributed by atoms with E-state index < -0.39 is 56.9 Å². The van der Waals surface area contributed by atoms with Crippen molar-refractivity contribution in [2.45, 2.75) is 179 Å². The van der Waals surface area contributed by atoms with Crippen LogP contribution in [0.15, 0.2) is 0 Å². The van der Waals surface area contributed by atoms with Gasteiger partial charge in [0.05, 0.1) is 6.61 Å². The third kappa shape index (κ3) is 15.6. The summed E-state index contributed by atoms with van der Waals surface area (Å²) in [7, 11) is -1.61. The van der Waals surface area contributed by atoms with Crippen LogP contribution in [0.2, 0.25) is 25.2 Å². The van der Waals surface area contributed by atoms with Gasteiger partial charge < -0.3 is 34.8 Å². The second kappa shape index (κ2) is 21.6. The van der Waals surface area contributed by atoms with E-state index in [2.05, 4.69) is 25.3 Å². The number of aliphatic hydroxyl groups excluding tert-OH is 2. The Labute approximate surface area is 256 Å². The van der Waals surface area contributed by atoms with Crippen LogP contribution in [0, 0.1) is 0 Å². The number of ether oxygens (including phenoxy) is 3. The highest BCUT2D eigenvalue weighted by molar-refractivity contribution is 6.77. The summed E-state index contributed by atoms with van der Waals surface area (Å²) in [4.78, 5) is 23.4. The van der Waals surface area contributed by atoms with Crippen molar-refractivity contribution in [2.75, 3.05) is 13.2 Å². The molecule has 0 aromatic heterocycles. The fourth-order valence-corrected chi connectivity index (χ4v) is 7.74. The molecule has 1 fully saturated rings. The van der Waals surface area contributed by atoms with Crippen molar-refractivity contribution >= 4 is 20.0 Å². The van der Waals surface area contributed by atoms with Crippen LogP contribution in [-0.4, -0.2) is 78.8 Å². The molecule has 0 saturated carbocycles. The van der Waals surface area contributed by atoms with E-state index in [0.29, 0.717) is 0 Å². The minimum Gasteiger partial charge on any atom is -0.479 e. The molecule has 5 atom stereocenters. The lowest BCUT2D eigenvalue weighted by molar-refractivity contribution is -0.284. The van der Waals surface area contributed by atoms with Crippen LogP contribution < -0.4 is 5.32 Å². The van der Waals surface area contributed by atoms with Crippen molar-refractivity contribution in [1.29, 1.82) is 0 Å². The molecule has 9 nitrogen and oxygen atoms in total. The van der Waals surface area contributed by atoms with E-state index in [0.717, 1.165) is 6.04 Å². The second-order valence-electron chi connectivity index (χ2n) is 13.0. The van der Waals surface area contributed by atoms with Crippen molar-refractivity contribution < 1.29 is 39.1 Å². The summed E-state index contributed by atoms with van der Waals surface area (Å²) in [5.74, 6) is -3.58. The van der Waals surface area contributed by atoms with E-state index in [1.165, 1.54) is 123 Å². The van der Waals surface area contributed by atoms with E-state index in [-0.39, 0.29) is 6.61 Å². The summed E-state index contributed by atoms with van der Waals surface area (Å²) in [6.45, 7) is 9.22. The Balaban J connectivity index is 2.32. The standard InChI is InChI=1S/C32H63NO8Si/c1-6-7-8-9-10-11-12-13-14-15-16-17-18-19-20-21-23-42(4,5)24-22-39-32(33-27(3)35)30(40-26(2)31(37)38)29(36)28(25-34)41-32/h26,28-30,34,36H,6-25H2,1-5H3,(H,33,35)(H,37,38). The van der Waals surface area contributed by atoms with E-state index in [9.17, 15) is 24.9 Å². The number of carboxylic acid groups (broad SMARTS) is 1. The minimum atomic E-state index is -1.87. The van der Waals surface area contributed by atoms with Gasteiger partial charge in [0.25, 0.3) is 5.91 Å². The van der Waals surface area contributed by atoms with Gasteiger partial charge in [0.15, 0.2) is 12.2 Å². The molecule has 1 aliphatic heterocycles. The van der Waals surface area contributed by atoms with E-state index in [1.807, 2.05) is 0 Å². The number of carbonyl (C=O) groups is 2. The third-order valence-corrected chi connectivity index (χ3v) is 11.7. The van der Waals surface area contributed by atoms with Crippen LogP contribution in [0.25, 0.3) is 0 Å². The lowest BCUT2D eigenvalue weighted by Crippen LogP contribution is -2.60. The predicted molar refractivity (Wildman–Crippen MR) is 169 cm³/mol. The molecule has 0 aromatic carbocycles. The topological polar surface area (TPSA) is 135 Å². The summed E-state index contributed by atoms with van der Waals surface area (Å²) < 4.78 is 17.4. The van der Waals surface area contributed by atoms with Gasteiger partial charge >= 0.3 is 5.97 Å². The van der Waals surface area contributed by atoms with Crippen LogP contribution in [0.4, 0.5) is 0 Å². The van der Waals surface area contributed by atoms with Gasteiger partial charge in [0.2, 0.25) is 5.91 Å². The van der Waals surface area contributed by atoms with Crippen LogP contribution in [0.3, 0.4) is 0 Å². The van der Waals surface area contributed by atoms with Crippen molar-refractivity contribution in [3.63, 3.8) is 0 Å². The average molecular weight is 618 g/mol. The molecule has 5 unspecified atom stereocenters. The number of carboxylic acids is 1. The molecule has 10 heteroatoms. The number of rotatable bonds is 26. The van der Waals surface area contributed by atoms with Gasteiger partial charge in [-0.2, -0.15) is 0 Å². The Hall–Kier alpha value is -1.04. The van der Waals surface area contributed by atoms with E-state index in [1.54, 1.807) is 0 Å². The second-order valence-corrected chi connectivity index (χ2v) is 18.4. The highest BCUT2D eigenvalue weighted by Crippen LogP contribution is 2.34. The lowest BCUT2D eigenvalue weighted by atomic mass is 10.0. The van der Waals surface area contributed by atoms with Gasteiger partial charge in [-0.05, 0) is 13.0 Å². The number of hydrogen-bond acceptors (Lipinski definition) is 7. The maximum Gasteiger partial charge on any atom is 0.332 e. The Bertz CT molecular complexity index is 739. The quantitative estimate of drug-likeness (QED) is 0.0500. The molecule has 1 heterocycles. The Morgan fingerprint density at radius 3 is 1.79 bits per heavy atom. The van der Waals surface area contributed by atoms with Gasteiger partial charge in [-0.3, -0.25) is 4.79 Å². The zero-order valence-corrected chi connectivity index (χ0v) is 28.3. The monoisotopic (exact) mass is 617 g/mol. The molecule has 0 spiro atoms. The summed E-state index contributed by atoms with van der Waals surface area (Å²) in [5, 5.41) is 32.2. The number of hydrogen-bond donors (Lipinski definition) is 4. The van der Waals surface area contributed by atoms with E-state index >= 15 is 0 Å². The van der Waals surface area contributed by atoms with Crippen LogP contribution >= 0.6 is 0 Å². The third-order valence-electron chi connectivity index (χ3n) is 8.42. The minimum absolute atomic E-state index is 0.255. The van der Waals surface area contributed by atoms with Gasteiger partial charge in [-0.25, -0.2) is 4.79 Å². The largest absolute Gasteiger partial charge is 0.479 e. The molecule has 4 N–H and O–H groups in total. The lowest BCUT2D eigenvalue weighted by Gasteiger charge is -2.36. The number of aliphatic carboxylic acids is 1. The predicted octanol–water partition coefficient (Wildman–Crippen LogP) is 6.37. The summed E-state index contributed by atoms with van der Waals surface area (Å²) >= 11 is 0. The molecule has 42 heavy (non-hydrogen) atoms. The summed E-state index contributed by atoms with van der Waals surface area (Å²) in [6, 6.07) is 1.97. The van der Waals surface area contributed by atoms with Crippen LogP contribution in [0.1, 0.15) is 124 Å². The highest BCUT2D eigenvalue weighted by atomic mass is 28.3. The van der Waals surface area contributed by atoms with Gasteiger partial charge in [0, 0.05) is 21.6 Å². The molecule has 0 bridgehead atoms.